The average molecular weight is 207 g/mol. The van der Waals surface area contributed by atoms with Gasteiger partial charge < -0.3 is 10.5 Å². The molecule has 82 valence electrons. The molecule has 1 aromatic heterocycles. The molecule has 0 saturated carbocycles. The van der Waals surface area contributed by atoms with Gasteiger partial charge in [0.25, 0.3) is 0 Å². The van der Waals surface area contributed by atoms with Crippen LogP contribution in [0.4, 0.5) is 5.82 Å². The van der Waals surface area contributed by atoms with Gasteiger partial charge in [0.2, 0.25) is 0 Å². The van der Waals surface area contributed by atoms with E-state index < -0.39 is 0 Å². The van der Waals surface area contributed by atoms with E-state index in [-0.39, 0.29) is 0 Å². The molecular weight excluding hydrogens is 190 g/mol. The van der Waals surface area contributed by atoms with Gasteiger partial charge in [-0.15, -0.1) is 0 Å². The van der Waals surface area contributed by atoms with Crippen molar-refractivity contribution in [1.29, 1.82) is 0 Å². The zero-order valence-corrected chi connectivity index (χ0v) is 9.02. The number of rotatable bonds is 2. The van der Waals surface area contributed by atoms with Crippen LogP contribution in [0.2, 0.25) is 0 Å². The SMILES string of the molecule is CC1COCCN1Cc1cccnc1N. The van der Waals surface area contributed by atoms with Crippen LogP contribution in [0, 0.1) is 0 Å². The van der Waals surface area contributed by atoms with Crippen molar-refractivity contribution in [2.75, 3.05) is 25.5 Å². The molecule has 0 radical (unpaired) electrons. The van der Waals surface area contributed by atoms with Crippen LogP contribution in [0.1, 0.15) is 12.5 Å². The second-order valence-corrected chi connectivity index (χ2v) is 3.94. The molecule has 1 aliphatic rings. The van der Waals surface area contributed by atoms with Gasteiger partial charge in [-0.3, -0.25) is 4.90 Å². The normalized spacial score (nSPS) is 22.9. The molecule has 0 bridgehead atoms. The second-order valence-electron chi connectivity index (χ2n) is 3.94. The molecule has 1 atom stereocenters. The molecule has 1 saturated heterocycles. The summed E-state index contributed by atoms with van der Waals surface area (Å²) < 4.78 is 5.39. The first-order valence-electron chi connectivity index (χ1n) is 5.28. The van der Waals surface area contributed by atoms with Crippen molar-refractivity contribution >= 4 is 5.82 Å². The highest BCUT2D eigenvalue weighted by Gasteiger charge is 2.19. The third kappa shape index (κ3) is 2.46. The topological polar surface area (TPSA) is 51.4 Å². The molecule has 0 aliphatic carbocycles. The number of morpholine rings is 1. The van der Waals surface area contributed by atoms with Crippen molar-refractivity contribution in [3.05, 3.63) is 23.9 Å². The maximum atomic E-state index is 5.81. The summed E-state index contributed by atoms with van der Waals surface area (Å²) in [6.07, 6.45) is 1.72. The number of nitrogens with zero attached hydrogens (tertiary/aromatic N) is 2. The Balaban J connectivity index is 2.04. The highest BCUT2D eigenvalue weighted by molar-refractivity contribution is 5.38. The Kier molecular flexibility index (Phi) is 3.18. The van der Waals surface area contributed by atoms with E-state index in [0.717, 1.165) is 31.9 Å². The Morgan fingerprint density at radius 3 is 3.27 bits per heavy atom. The van der Waals surface area contributed by atoms with E-state index in [2.05, 4.69) is 16.8 Å². The lowest BCUT2D eigenvalue weighted by atomic mass is 10.2. The van der Waals surface area contributed by atoms with Crippen molar-refractivity contribution in [2.24, 2.45) is 0 Å². The first-order valence-corrected chi connectivity index (χ1v) is 5.28. The first kappa shape index (κ1) is 10.4. The van der Waals surface area contributed by atoms with Crippen LogP contribution in [0.5, 0.6) is 0 Å². The molecule has 2 N–H and O–H groups in total. The molecule has 1 unspecified atom stereocenters. The third-order valence-corrected chi connectivity index (χ3v) is 2.80. The maximum absolute atomic E-state index is 5.81. The number of pyridine rings is 1. The summed E-state index contributed by atoms with van der Waals surface area (Å²) in [5, 5.41) is 0. The van der Waals surface area contributed by atoms with Crippen molar-refractivity contribution in [3.8, 4) is 0 Å². The predicted molar refractivity (Wildman–Crippen MR) is 59.3 cm³/mol. The molecule has 1 fully saturated rings. The minimum absolute atomic E-state index is 0.457. The quantitative estimate of drug-likeness (QED) is 0.782. The zero-order valence-electron chi connectivity index (χ0n) is 9.02. The Morgan fingerprint density at radius 1 is 1.67 bits per heavy atom. The summed E-state index contributed by atoms with van der Waals surface area (Å²) in [7, 11) is 0. The summed E-state index contributed by atoms with van der Waals surface area (Å²) in [6.45, 7) is 5.62. The summed E-state index contributed by atoms with van der Waals surface area (Å²) >= 11 is 0. The standard InChI is InChI=1S/C11H17N3O/c1-9-8-15-6-5-14(9)7-10-3-2-4-13-11(10)12/h2-4,9H,5-8H2,1H3,(H2,12,13). The minimum Gasteiger partial charge on any atom is -0.383 e. The summed E-state index contributed by atoms with van der Waals surface area (Å²) in [4.78, 5) is 6.46. The molecule has 2 heterocycles. The Bertz CT molecular complexity index is 329. The molecule has 1 aliphatic heterocycles. The fraction of sp³-hybridized carbons (Fsp3) is 0.545. The molecule has 2 rings (SSSR count). The number of ether oxygens (including phenoxy) is 1. The molecule has 0 spiro atoms. The van der Waals surface area contributed by atoms with Crippen molar-refractivity contribution < 1.29 is 4.74 Å². The van der Waals surface area contributed by atoms with Crippen LogP contribution in [-0.4, -0.2) is 35.7 Å². The first-order chi connectivity index (χ1) is 7.27. The van der Waals surface area contributed by atoms with E-state index in [1.807, 2.05) is 12.1 Å². The lowest BCUT2D eigenvalue weighted by Crippen LogP contribution is -2.43. The van der Waals surface area contributed by atoms with E-state index in [9.17, 15) is 0 Å². The van der Waals surface area contributed by atoms with Gasteiger partial charge >= 0.3 is 0 Å². The molecule has 4 nitrogen and oxygen atoms in total. The molecule has 0 aromatic carbocycles. The van der Waals surface area contributed by atoms with Gasteiger partial charge in [-0.2, -0.15) is 0 Å². The summed E-state index contributed by atoms with van der Waals surface area (Å²) in [5.74, 6) is 0.635. The fourth-order valence-electron chi connectivity index (χ4n) is 1.80. The van der Waals surface area contributed by atoms with E-state index >= 15 is 0 Å². The predicted octanol–water partition coefficient (Wildman–Crippen LogP) is 0.884. The molecule has 15 heavy (non-hydrogen) atoms. The average Bonchev–Trinajstić information content (AvgIpc) is 2.24. The Hall–Kier alpha value is -1.13. The second kappa shape index (κ2) is 4.59. The van der Waals surface area contributed by atoms with Gasteiger partial charge in [-0.05, 0) is 13.0 Å². The van der Waals surface area contributed by atoms with Crippen molar-refractivity contribution in [3.63, 3.8) is 0 Å². The zero-order chi connectivity index (χ0) is 10.7. The van der Waals surface area contributed by atoms with E-state index in [4.69, 9.17) is 10.5 Å². The van der Waals surface area contributed by atoms with Gasteiger partial charge in [-0.1, -0.05) is 6.07 Å². The number of nitrogens with two attached hydrogens (primary N) is 1. The Morgan fingerprint density at radius 2 is 2.53 bits per heavy atom. The monoisotopic (exact) mass is 207 g/mol. The van der Waals surface area contributed by atoms with Crippen LogP contribution in [0.15, 0.2) is 18.3 Å². The van der Waals surface area contributed by atoms with Gasteiger partial charge in [0, 0.05) is 30.9 Å². The van der Waals surface area contributed by atoms with Crippen LogP contribution >= 0.6 is 0 Å². The molecule has 4 heteroatoms. The third-order valence-electron chi connectivity index (χ3n) is 2.80. The molecular formula is C11H17N3O. The lowest BCUT2D eigenvalue weighted by Gasteiger charge is -2.33. The van der Waals surface area contributed by atoms with Gasteiger partial charge in [0.15, 0.2) is 0 Å². The number of hydrogen-bond donors (Lipinski definition) is 1. The molecule has 1 aromatic rings. The van der Waals surface area contributed by atoms with Crippen LogP contribution in [0.3, 0.4) is 0 Å². The highest BCUT2D eigenvalue weighted by Crippen LogP contribution is 2.14. The van der Waals surface area contributed by atoms with E-state index in [1.54, 1.807) is 6.20 Å². The summed E-state index contributed by atoms with van der Waals surface area (Å²) in [6, 6.07) is 4.42. The molecule has 0 amide bonds. The highest BCUT2D eigenvalue weighted by atomic mass is 16.5. The van der Waals surface area contributed by atoms with Gasteiger partial charge in [-0.25, -0.2) is 4.98 Å². The Labute approximate surface area is 90.0 Å². The van der Waals surface area contributed by atoms with Gasteiger partial charge in [0.05, 0.1) is 13.2 Å². The van der Waals surface area contributed by atoms with Gasteiger partial charge in [0.1, 0.15) is 5.82 Å². The van der Waals surface area contributed by atoms with E-state index in [0.29, 0.717) is 11.9 Å². The van der Waals surface area contributed by atoms with Crippen LogP contribution in [0.25, 0.3) is 0 Å². The number of anilines is 1. The number of hydrogen-bond acceptors (Lipinski definition) is 4. The van der Waals surface area contributed by atoms with Crippen LogP contribution in [-0.2, 0) is 11.3 Å². The summed E-state index contributed by atoms with van der Waals surface area (Å²) in [5.41, 5.74) is 6.92. The number of aromatic nitrogens is 1. The smallest absolute Gasteiger partial charge is 0.127 e. The fourth-order valence-corrected chi connectivity index (χ4v) is 1.80. The number of nitrogen functional groups attached to an aromatic ring is 1. The van der Waals surface area contributed by atoms with Crippen molar-refractivity contribution in [2.45, 2.75) is 19.5 Å². The maximum Gasteiger partial charge on any atom is 0.127 e. The van der Waals surface area contributed by atoms with Crippen LogP contribution < -0.4 is 5.73 Å². The minimum atomic E-state index is 0.457. The van der Waals surface area contributed by atoms with Crippen molar-refractivity contribution in [1.82, 2.24) is 9.88 Å². The lowest BCUT2D eigenvalue weighted by molar-refractivity contribution is -0.00431. The van der Waals surface area contributed by atoms with E-state index in [1.165, 1.54) is 0 Å². The largest absolute Gasteiger partial charge is 0.383 e.